The standard InChI is InChI=1S/C12H15N5O/c1-8-3-4-10(14-5-8)16-12(18)11(13)9-6-15-17(2)7-9/h3-7,11H,13H2,1-2H3,(H,14,16,18). The van der Waals surface area contributed by atoms with Gasteiger partial charge in [0.15, 0.2) is 0 Å². The lowest BCUT2D eigenvalue weighted by molar-refractivity contribution is -0.117. The summed E-state index contributed by atoms with van der Waals surface area (Å²) >= 11 is 0. The van der Waals surface area contributed by atoms with Crippen LogP contribution in [-0.2, 0) is 11.8 Å². The van der Waals surface area contributed by atoms with E-state index in [0.717, 1.165) is 5.56 Å². The number of rotatable bonds is 3. The number of pyridine rings is 1. The van der Waals surface area contributed by atoms with Crippen molar-refractivity contribution in [1.82, 2.24) is 14.8 Å². The van der Waals surface area contributed by atoms with E-state index in [1.165, 1.54) is 0 Å². The molecular weight excluding hydrogens is 230 g/mol. The summed E-state index contributed by atoms with van der Waals surface area (Å²) in [7, 11) is 1.77. The summed E-state index contributed by atoms with van der Waals surface area (Å²) in [6.07, 6.45) is 4.98. The van der Waals surface area contributed by atoms with E-state index in [1.54, 1.807) is 36.4 Å². The van der Waals surface area contributed by atoms with E-state index in [0.29, 0.717) is 11.4 Å². The average molecular weight is 245 g/mol. The molecule has 0 aliphatic heterocycles. The second kappa shape index (κ2) is 4.97. The van der Waals surface area contributed by atoms with Crippen molar-refractivity contribution in [2.24, 2.45) is 12.8 Å². The number of hydrogen-bond acceptors (Lipinski definition) is 4. The maximum atomic E-state index is 11.9. The summed E-state index contributed by atoms with van der Waals surface area (Å²) < 4.78 is 1.60. The largest absolute Gasteiger partial charge is 0.316 e. The first-order valence-electron chi connectivity index (χ1n) is 5.54. The predicted octanol–water partition coefficient (Wildman–Crippen LogP) is 0.762. The zero-order valence-electron chi connectivity index (χ0n) is 10.3. The summed E-state index contributed by atoms with van der Waals surface area (Å²) in [6.45, 7) is 1.93. The first kappa shape index (κ1) is 12.3. The molecule has 0 fully saturated rings. The zero-order chi connectivity index (χ0) is 13.1. The molecule has 1 amide bonds. The van der Waals surface area contributed by atoms with Gasteiger partial charge in [-0.15, -0.1) is 0 Å². The van der Waals surface area contributed by atoms with Crippen molar-refractivity contribution in [3.05, 3.63) is 41.9 Å². The van der Waals surface area contributed by atoms with Gasteiger partial charge in [0, 0.05) is 25.0 Å². The Hall–Kier alpha value is -2.21. The number of nitrogens with two attached hydrogens (primary N) is 1. The Morgan fingerprint density at radius 3 is 2.78 bits per heavy atom. The number of aryl methyl sites for hydroxylation is 2. The van der Waals surface area contributed by atoms with Crippen molar-refractivity contribution in [2.45, 2.75) is 13.0 Å². The van der Waals surface area contributed by atoms with E-state index < -0.39 is 6.04 Å². The summed E-state index contributed by atoms with van der Waals surface area (Å²) in [5.74, 6) is 0.185. The molecule has 6 heteroatoms. The normalized spacial score (nSPS) is 12.2. The van der Waals surface area contributed by atoms with Gasteiger partial charge in [-0.05, 0) is 18.6 Å². The van der Waals surface area contributed by atoms with Gasteiger partial charge in [-0.1, -0.05) is 6.07 Å². The molecule has 2 rings (SSSR count). The molecule has 2 aromatic heterocycles. The second-order valence-corrected chi connectivity index (χ2v) is 4.14. The van der Waals surface area contributed by atoms with Gasteiger partial charge >= 0.3 is 0 Å². The number of nitrogens with zero attached hydrogens (tertiary/aromatic N) is 3. The van der Waals surface area contributed by atoms with E-state index in [9.17, 15) is 4.79 Å². The van der Waals surface area contributed by atoms with E-state index >= 15 is 0 Å². The minimum absolute atomic E-state index is 0.306. The second-order valence-electron chi connectivity index (χ2n) is 4.14. The Labute approximate surface area is 105 Å². The number of hydrogen-bond donors (Lipinski definition) is 2. The number of carbonyl (C=O) groups excluding carboxylic acids is 1. The molecule has 0 aromatic carbocycles. The molecule has 0 aliphatic rings. The molecule has 1 atom stereocenters. The maximum absolute atomic E-state index is 11.9. The van der Waals surface area contributed by atoms with Crippen LogP contribution in [0.5, 0.6) is 0 Å². The fourth-order valence-corrected chi connectivity index (χ4v) is 1.50. The van der Waals surface area contributed by atoms with E-state index in [2.05, 4.69) is 15.4 Å². The quantitative estimate of drug-likeness (QED) is 0.836. The van der Waals surface area contributed by atoms with Gasteiger partial charge in [0.25, 0.3) is 0 Å². The molecule has 2 heterocycles. The minimum Gasteiger partial charge on any atom is -0.316 e. The molecule has 6 nitrogen and oxygen atoms in total. The lowest BCUT2D eigenvalue weighted by Gasteiger charge is -2.09. The molecule has 0 radical (unpaired) electrons. The van der Waals surface area contributed by atoms with Crippen molar-refractivity contribution in [3.63, 3.8) is 0 Å². The summed E-state index contributed by atoms with van der Waals surface area (Å²) in [4.78, 5) is 16.0. The highest BCUT2D eigenvalue weighted by Gasteiger charge is 2.17. The molecule has 1 unspecified atom stereocenters. The fourth-order valence-electron chi connectivity index (χ4n) is 1.50. The smallest absolute Gasteiger partial charge is 0.247 e. The van der Waals surface area contributed by atoms with Crippen LogP contribution in [0.2, 0.25) is 0 Å². The Morgan fingerprint density at radius 2 is 2.22 bits per heavy atom. The average Bonchev–Trinajstić information content (AvgIpc) is 2.78. The highest BCUT2D eigenvalue weighted by atomic mass is 16.2. The number of nitrogens with one attached hydrogen (secondary N) is 1. The van der Waals surface area contributed by atoms with Crippen molar-refractivity contribution in [3.8, 4) is 0 Å². The lowest BCUT2D eigenvalue weighted by atomic mass is 10.1. The van der Waals surface area contributed by atoms with Crippen molar-refractivity contribution < 1.29 is 4.79 Å². The van der Waals surface area contributed by atoms with Crippen LogP contribution in [0.3, 0.4) is 0 Å². The van der Waals surface area contributed by atoms with Gasteiger partial charge in [0.2, 0.25) is 5.91 Å². The highest BCUT2D eigenvalue weighted by molar-refractivity contribution is 5.94. The van der Waals surface area contributed by atoms with Gasteiger partial charge in [0.05, 0.1) is 6.20 Å². The Bertz CT molecular complexity index is 546. The van der Waals surface area contributed by atoms with Crippen LogP contribution >= 0.6 is 0 Å². The molecule has 0 bridgehead atoms. The van der Waals surface area contributed by atoms with E-state index in [-0.39, 0.29) is 5.91 Å². The Kier molecular flexibility index (Phi) is 3.38. The fraction of sp³-hybridized carbons (Fsp3) is 0.250. The Morgan fingerprint density at radius 1 is 1.44 bits per heavy atom. The van der Waals surface area contributed by atoms with Crippen molar-refractivity contribution in [1.29, 1.82) is 0 Å². The minimum atomic E-state index is -0.748. The third-order valence-corrected chi connectivity index (χ3v) is 2.53. The highest BCUT2D eigenvalue weighted by Crippen LogP contribution is 2.11. The molecule has 3 N–H and O–H groups in total. The van der Waals surface area contributed by atoms with Crippen LogP contribution in [0, 0.1) is 6.92 Å². The number of aromatic nitrogens is 3. The molecule has 18 heavy (non-hydrogen) atoms. The number of anilines is 1. The third-order valence-electron chi connectivity index (χ3n) is 2.53. The first-order chi connectivity index (χ1) is 8.56. The Balaban J connectivity index is 2.05. The third kappa shape index (κ3) is 2.72. The lowest BCUT2D eigenvalue weighted by Crippen LogP contribution is -2.27. The molecular formula is C12H15N5O. The van der Waals surface area contributed by atoms with Crippen molar-refractivity contribution in [2.75, 3.05) is 5.32 Å². The molecule has 0 aliphatic carbocycles. The molecule has 0 spiro atoms. The maximum Gasteiger partial charge on any atom is 0.247 e. The van der Waals surface area contributed by atoms with Gasteiger partial charge in [-0.25, -0.2) is 4.98 Å². The van der Waals surface area contributed by atoms with E-state index in [4.69, 9.17) is 5.73 Å². The van der Waals surface area contributed by atoms with Crippen LogP contribution in [-0.4, -0.2) is 20.7 Å². The van der Waals surface area contributed by atoms with Gasteiger partial charge in [-0.3, -0.25) is 9.48 Å². The predicted molar refractivity (Wildman–Crippen MR) is 67.7 cm³/mol. The molecule has 0 saturated heterocycles. The van der Waals surface area contributed by atoms with Crippen LogP contribution in [0.1, 0.15) is 17.2 Å². The topological polar surface area (TPSA) is 85.8 Å². The van der Waals surface area contributed by atoms with Crippen LogP contribution in [0.25, 0.3) is 0 Å². The molecule has 94 valence electrons. The van der Waals surface area contributed by atoms with Crippen LogP contribution < -0.4 is 11.1 Å². The number of carbonyl (C=O) groups is 1. The van der Waals surface area contributed by atoms with Gasteiger partial charge in [0.1, 0.15) is 11.9 Å². The van der Waals surface area contributed by atoms with E-state index in [1.807, 2.05) is 13.0 Å². The first-order valence-corrected chi connectivity index (χ1v) is 5.54. The van der Waals surface area contributed by atoms with Crippen molar-refractivity contribution >= 4 is 11.7 Å². The summed E-state index contributed by atoms with van der Waals surface area (Å²) in [5.41, 5.74) is 7.54. The SMILES string of the molecule is Cc1ccc(NC(=O)C(N)c2cnn(C)c2)nc1. The summed E-state index contributed by atoms with van der Waals surface area (Å²) in [5, 5.41) is 6.64. The van der Waals surface area contributed by atoms with Gasteiger partial charge < -0.3 is 11.1 Å². The van der Waals surface area contributed by atoms with Crippen LogP contribution in [0.4, 0.5) is 5.82 Å². The number of amides is 1. The van der Waals surface area contributed by atoms with Crippen LogP contribution in [0.15, 0.2) is 30.7 Å². The molecule has 2 aromatic rings. The monoisotopic (exact) mass is 245 g/mol. The summed E-state index contributed by atoms with van der Waals surface area (Å²) in [6, 6.07) is 2.86. The zero-order valence-corrected chi connectivity index (χ0v) is 10.3. The molecule has 0 saturated carbocycles. The van der Waals surface area contributed by atoms with Gasteiger partial charge in [-0.2, -0.15) is 5.10 Å².